The molecular weight excluding hydrogens is 212 g/mol. The van der Waals surface area contributed by atoms with Gasteiger partial charge in [-0.3, -0.25) is 4.79 Å². The van der Waals surface area contributed by atoms with Crippen molar-refractivity contribution < 1.29 is 19.0 Å². The van der Waals surface area contributed by atoms with Crippen LogP contribution >= 0.6 is 0 Å². The number of carbonyl (C=O) groups excluding carboxylic acids is 1. The maximum Gasteiger partial charge on any atom is 0.221 e. The Labute approximate surface area is 95.6 Å². The van der Waals surface area contributed by atoms with Crippen LogP contribution in [0.3, 0.4) is 0 Å². The van der Waals surface area contributed by atoms with Gasteiger partial charge >= 0.3 is 0 Å². The van der Waals surface area contributed by atoms with Crippen LogP contribution in [-0.2, 0) is 19.0 Å². The number of rotatable bonds is 6. The molecular formula is C10H20N2O4. The molecule has 0 spiro atoms. The van der Waals surface area contributed by atoms with Crippen LogP contribution in [0.4, 0.5) is 0 Å². The molecule has 1 fully saturated rings. The standard InChI is InChI=1S/C10H20N2O4/c1-14-10(15-2)6-12-9(13)5-8-7-16-4-3-11-8/h8,10-11H,3-7H2,1-2H3,(H,12,13). The summed E-state index contributed by atoms with van der Waals surface area (Å²) in [6.45, 7) is 2.47. The molecule has 94 valence electrons. The quantitative estimate of drug-likeness (QED) is 0.581. The highest BCUT2D eigenvalue weighted by molar-refractivity contribution is 5.76. The van der Waals surface area contributed by atoms with Crippen molar-refractivity contribution in [3.8, 4) is 0 Å². The van der Waals surface area contributed by atoms with E-state index in [2.05, 4.69) is 10.6 Å². The first-order chi connectivity index (χ1) is 7.76. The summed E-state index contributed by atoms with van der Waals surface area (Å²) in [5, 5.41) is 5.96. The first-order valence-electron chi connectivity index (χ1n) is 5.39. The second-order valence-corrected chi connectivity index (χ2v) is 3.64. The molecule has 1 atom stereocenters. The van der Waals surface area contributed by atoms with E-state index in [0.717, 1.165) is 6.54 Å². The number of nitrogens with one attached hydrogen (secondary N) is 2. The Bertz CT molecular complexity index is 203. The predicted octanol–water partition coefficient (Wildman–Crippen LogP) is -0.900. The number of amides is 1. The molecule has 16 heavy (non-hydrogen) atoms. The van der Waals surface area contributed by atoms with E-state index in [4.69, 9.17) is 14.2 Å². The number of carbonyl (C=O) groups is 1. The smallest absolute Gasteiger partial charge is 0.221 e. The summed E-state index contributed by atoms with van der Waals surface area (Å²) in [5.74, 6) is -0.0258. The lowest BCUT2D eigenvalue weighted by Gasteiger charge is -2.23. The summed E-state index contributed by atoms with van der Waals surface area (Å²) in [4.78, 5) is 11.5. The largest absolute Gasteiger partial charge is 0.378 e. The van der Waals surface area contributed by atoms with E-state index in [1.807, 2.05) is 0 Å². The Kier molecular flexibility index (Phi) is 6.32. The molecule has 6 heteroatoms. The van der Waals surface area contributed by atoms with Gasteiger partial charge in [0.25, 0.3) is 0 Å². The Morgan fingerprint density at radius 3 is 2.88 bits per heavy atom. The lowest BCUT2D eigenvalue weighted by Crippen LogP contribution is -2.45. The van der Waals surface area contributed by atoms with Gasteiger partial charge in [0.05, 0.1) is 19.8 Å². The molecule has 1 rings (SSSR count). The van der Waals surface area contributed by atoms with Crippen molar-refractivity contribution in [2.45, 2.75) is 18.8 Å². The molecule has 1 heterocycles. The summed E-state index contributed by atoms with van der Waals surface area (Å²) in [6, 6.07) is 0.109. The zero-order valence-electron chi connectivity index (χ0n) is 9.82. The monoisotopic (exact) mass is 232 g/mol. The van der Waals surface area contributed by atoms with Crippen LogP contribution in [-0.4, -0.2) is 58.8 Å². The van der Waals surface area contributed by atoms with Crippen LogP contribution in [0.1, 0.15) is 6.42 Å². The van der Waals surface area contributed by atoms with E-state index >= 15 is 0 Å². The second-order valence-electron chi connectivity index (χ2n) is 3.64. The van der Waals surface area contributed by atoms with Gasteiger partial charge in [-0.1, -0.05) is 0 Å². The highest BCUT2D eigenvalue weighted by atomic mass is 16.7. The molecule has 1 unspecified atom stereocenters. The van der Waals surface area contributed by atoms with Crippen molar-refractivity contribution in [2.75, 3.05) is 40.5 Å². The predicted molar refractivity (Wildman–Crippen MR) is 58.0 cm³/mol. The molecule has 0 aromatic heterocycles. The van der Waals surface area contributed by atoms with Crippen LogP contribution in [0.5, 0.6) is 0 Å². The minimum atomic E-state index is -0.389. The van der Waals surface area contributed by atoms with E-state index in [1.54, 1.807) is 0 Å². The molecule has 1 aliphatic heterocycles. The first-order valence-corrected chi connectivity index (χ1v) is 5.39. The van der Waals surface area contributed by atoms with Gasteiger partial charge in [0.2, 0.25) is 5.91 Å². The summed E-state index contributed by atoms with van der Waals surface area (Å²) in [7, 11) is 3.08. The third-order valence-corrected chi connectivity index (χ3v) is 2.42. The Morgan fingerprint density at radius 2 is 2.31 bits per heavy atom. The highest BCUT2D eigenvalue weighted by Gasteiger charge is 2.17. The molecule has 0 saturated carbocycles. The summed E-state index contributed by atoms with van der Waals surface area (Å²) < 4.78 is 15.2. The van der Waals surface area contributed by atoms with Crippen molar-refractivity contribution in [3.05, 3.63) is 0 Å². The number of ether oxygens (including phenoxy) is 3. The Morgan fingerprint density at radius 1 is 1.56 bits per heavy atom. The van der Waals surface area contributed by atoms with Crippen LogP contribution in [0.25, 0.3) is 0 Å². The van der Waals surface area contributed by atoms with E-state index in [-0.39, 0.29) is 18.2 Å². The number of methoxy groups -OCH3 is 2. The molecule has 0 aromatic rings. The summed E-state index contributed by atoms with van der Waals surface area (Å²) >= 11 is 0. The number of hydrogen-bond donors (Lipinski definition) is 2. The minimum absolute atomic E-state index is 0.0258. The lowest BCUT2D eigenvalue weighted by molar-refractivity contribution is -0.128. The Hall–Kier alpha value is -0.690. The first kappa shape index (κ1) is 13.4. The van der Waals surface area contributed by atoms with Gasteiger partial charge in [-0.2, -0.15) is 0 Å². The lowest BCUT2D eigenvalue weighted by atomic mass is 10.2. The normalized spacial score (nSPS) is 21.1. The average Bonchev–Trinajstić information content (AvgIpc) is 2.31. The van der Waals surface area contributed by atoms with E-state index in [0.29, 0.717) is 26.2 Å². The maximum atomic E-state index is 11.5. The molecule has 0 aliphatic carbocycles. The molecule has 1 amide bonds. The van der Waals surface area contributed by atoms with Crippen molar-refractivity contribution in [3.63, 3.8) is 0 Å². The zero-order chi connectivity index (χ0) is 11.8. The topological polar surface area (TPSA) is 68.8 Å². The van der Waals surface area contributed by atoms with E-state index < -0.39 is 0 Å². The van der Waals surface area contributed by atoms with E-state index in [9.17, 15) is 4.79 Å². The summed E-state index contributed by atoms with van der Waals surface area (Å²) in [5.41, 5.74) is 0. The van der Waals surface area contributed by atoms with Gasteiger partial charge in [0.1, 0.15) is 0 Å². The van der Waals surface area contributed by atoms with Crippen molar-refractivity contribution in [2.24, 2.45) is 0 Å². The van der Waals surface area contributed by atoms with Gasteiger partial charge < -0.3 is 24.8 Å². The average molecular weight is 232 g/mol. The number of hydrogen-bond acceptors (Lipinski definition) is 5. The van der Waals surface area contributed by atoms with Gasteiger partial charge in [0, 0.05) is 33.2 Å². The van der Waals surface area contributed by atoms with Crippen molar-refractivity contribution in [1.82, 2.24) is 10.6 Å². The van der Waals surface area contributed by atoms with Gasteiger partial charge in [-0.05, 0) is 0 Å². The molecule has 2 N–H and O–H groups in total. The van der Waals surface area contributed by atoms with Crippen LogP contribution < -0.4 is 10.6 Å². The zero-order valence-corrected chi connectivity index (χ0v) is 9.82. The van der Waals surface area contributed by atoms with Gasteiger partial charge in [0.15, 0.2) is 6.29 Å². The molecule has 0 radical (unpaired) electrons. The fourth-order valence-electron chi connectivity index (χ4n) is 1.51. The molecule has 1 saturated heterocycles. The SMILES string of the molecule is COC(CNC(=O)CC1COCCN1)OC. The van der Waals surface area contributed by atoms with Gasteiger partial charge in [-0.15, -0.1) is 0 Å². The molecule has 0 bridgehead atoms. The minimum Gasteiger partial charge on any atom is -0.378 e. The van der Waals surface area contributed by atoms with Crippen molar-refractivity contribution >= 4 is 5.91 Å². The Balaban J connectivity index is 2.14. The maximum absolute atomic E-state index is 11.5. The third kappa shape index (κ3) is 4.89. The summed E-state index contributed by atoms with van der Waals surface area (Å²) in [6.07, 6.45) is 0.0275. The van der Waals surface area contributed by atoms with Crippen LogP contribution in [0.2, 0.25) is 0 Å². The van der Waals surface area contributed by atoms with Crippen LogP contribution in [0.15, 0.2) is 0 Å². The number of morpholine rings is 1. The highest BCUT2D eigenvalue weighted by Crippen LogP contribution is 1.98. The fraction of sp³-hybridized carbons (Fsp3) is 0.900. The second kappa shape index (κ2) is 7.56. The van der Waals surface area contributed by atoms with Crippen molar-refractivity contribution in [1.29, 1.82) is 0 Å². The van der Waals surface area contributed by atoms with E-state index in [1.165, 1.54) is 14.2 Å². The third-order valence-electron chi connectivity index (χ3n) is 2.42. The molecule has 6 nitrogen and oxygen atoms in total. The fourth-order valence-corrected chi connectivity index (χ4v) is 1.51. The molecule has 1 aliphatic rings. The van der Waals surface area contributed by atoms with Gasteiger partial charge in [-0.25, -0.2) is 0 Å². The van der Waals surface area contributed by atoms with Crippen LogP contribution in [0, 0.1) is 0 Å². The molecule has 0 aromatic carbocycles.